The van der Waals surface area contributed by atoms with Gasteiger partial charge >= 0.3 is 177 Å². The van der Waals surface area contributed by atoms with Crippen LogP contribution in [0.5, 0.6) is 0 Å². The molecule has 0 unspecified atom stereocenters. The molecule has 0 aromatic carbocycles. The summed E-state index contributed by atoms with van der Waals surface area (Å²) in [5.41, 5.74) is 0. The third kappa shape index (κ3) is 9.90. The standard InChI is InChI=1S/2C4H10Si.8CH3.2CH2.4Sn/c2*1-5(2,3)4;;;;;;;;;;;;;;/h2*1-2H2,3-4H3;8*1H3;2*1H2;;;;. The molecule has 1 fully saturated rings. The van der Waals surface area contributed by atoms with Crippen LogP contribution in [0.25, 0.3) is 0 Å². The Morgan fingerprint density at radius 1 is 0.417 bits per heavy atom. The minimum atomic E-state index is -1.79. The molecule has 0 aromatic rings. The molecule has 144 valence electrons. The Morgan fingerprint density at radius 2 is 0.583 bits per heavy atom. The van der Waals surface area contributed by atoms with E-state index in [0.29, 0.717) is 0 Å². The number of hydrogen-bond acceptors (Lipinski definition) is 0. The molecule has 0 nitrogen and oxygen atoms in total. The van der Waals surface area contributed by atoms with E-state index >= 15 is 0 Å². The third-order valence-corrected chi connectivity index (χ3v) is 163. The van der Waals surface area contributed by atoms with Crippen molar-refractivity contribution in [2.75, 3.05) is 0 Å². The third-order valence-electron chi connectivity index (χ3n) is 5.74. The molecular formula is C18H48Si2Sn4. The molecule has 0 bridgehead atoms. The summed E-state index contributed by atoms with van der Waals surface area (Å²) in [7, 11) is -1.87. The van der Waals surface area contributed by atoms with Crippen molar-refractivity contribution in [3.8, 4) is 0 Å². The van der Waals surface area contributed by atoms with E-state index in [2.05, 4.69) is 65.7 Å². The maximum atomic E-state index is 2.86. The zero-order valence-electron chi connectivity index (χ0n) is 19.2. The fourth-order valence-electron chi connectivity index (χ4n) is 8.15. The molecule has 1 saturated heterocycles. The molecule has 0 saturated carbocycles. The van der Waals surface area contributed by atoms with Gasteiger partial charge in [-0.1, -0.05) is 0 Å². The second kappa shape index (κ2) is 8.40. The van der Waals surface area contributed by atoms with Gasteiger partial charge in [0.15, 0.2) is 0 Å². The Balaban J connectivity index is 3.24. The van der Waals surface area contributed by atoms with E-state index in [-0.39, 0.29) is 0 Å². The molecule has 6 heteroatoms. The van der Waals surface area contributed by atoms with Crippen LogP contribution >= 0.6 is 0 Å². The zero-order chi connectivity index (χ0) is 19.2. The average molecular weight is 796 g/mol. The molecule has 0 amide bonds. The molecule has 24 heavy (non-hydrogen) atoms. The quantitative estimate of drug-likeness (QED) is 0.223. The normalized spacial score (nSPS) is 31.5. The first kappa shape index (κ1) is 25.7. The van der Waals surface area contributed by atoms with E-state index in [0.717, 1.165) is 0 Å². The first-order valence-corrected chi connectivity index (χ1v) is 56.0. The van der Waals surface area contributed by atoms with E-state index in [9.17, 15) is 0 Å². The summed E-state index contributed by atoms with van der Waals surface area (Å²) in [6.07, 6.45) is 0. The van der Waals surface area contributed by atoms with Crippen molar-refractivity contribution < 1.29 is 0 Å². The van der Waals surface area contributed by atoms with Gasteiger partial charge in [0.05, 0.1) is 0 Å². The van der Waals surface area contributed by atoms with Gasteiger partial charge in [-0.3, -0.25) is 0 Å². The van der Waals surface area contributed by atoms with Gasteiger partial charge in [-0.05, 0) is 0 Å². The SMILES string of the molecule is C[Si]1(C)[CH2][Sn]([CH3])([CH3])[CH2][Sn]([CH3])([CH3])[CH2][Si](C)(C)[CH2][Sn]([CH3])([CH3])[CH2][Sn]([CH3])([CH3])[CH2]1. The Morgan fingerprint density at radius 3 is 0.750 bits per heavy atom. The van der Waals surface area contributed by atoms with Crippen LogP contribution in [0, 0.1) is 0 Å². The molecule has 1 rings (SSSR count). The second-order valence-corrected chi connectivity index (χ2v) is 101. The van der Waals surface area contributed by atoms with Crippen LogP contribution in [0.4, 0.5) is 0 Å². The van der Waals surface area contributed by atoms with Crippen LogP contribution in [-0.2, 0) is 0 Å². The van der Waals surface area contributed by atoms with Gasteiger partial charge in [0.1, 0.15) is 0 Å². The van der Waals surface area contributed by atoms with E-state index in [1.54, 1.807) is 0 Å². The molecule has 0 atom stereocenters. The summed E-state index contributed by atoms with van der Waals surface area (Å²) < 4.78 is 11.0. The molecular weight excluding hydrogens is 747 g/mol. The van der Waals surface area contributed by atoms with Gasteiger partial charge in [-0.2, -0.15) is 0 Å². The van der Waals surface area contributed by atoms with Crippen LogP contribution in [0.2, 0.25) is 86.9 Å². The van der Waals surface area contributed by atoms with Gasteiger partial charge in [0.2, 0.25) is 0 Å². The van der Waals surface area contributed by atoms with Crippen LogP contribution in [-0.4, -0.2) is 89.7 Å². The topological polar surface area (TPSA) is 0 Å². The second-order valence-electron chi connectivity index (χ2n) is 14.0. The predicted octanol–water partition coefficient (Wildman–Crippen LogP) is 7.49. The Hall–Kier alpha value is 3.63. The van der Waals surface area contributed by atoms with Crippen molar-refractivity contribution in [1.82, 2.24) is 0 Å². The van der Waals surface area contributed by atoms with Crippen molar-refractivity contribution in [2.45, 2.75) is 86.9 Å². The van der Waals surface area contributed by atoms with Crippen LogP contribution in [0.15, 0.2) is 0 Å². The summed E-state index contributed by atoms with van der Waals surface area (Å²) in [4.78, 5) is 22.8. The summed E-state index contributed by atoms with van der Waals surface area (Å²) in [5.74, 6) is 0. The molecule has 0 spiro atoms. The van der Waals surface area contributed by atoms with Gasteiger partial charge < -0.3 is 0 Å². The van der Waals surface area contributed by atoms with Gasteiger partial charge in [-0.25, -0.2) is 0 Å². The summed E-state index contributed by atoms with van der Waals surface area (Å²) in [6.45, 7) is 11.2. The van der Waals surface area contributed by atoms with Gasteiger partial charge in [-0.15, -0.1) is 0 Å². The molecule has 0 aliphatic carbocycles. The fraction of sp³-hybridized carbons (Fsp3) is 1.00. The zero-order valence-corrected chi connectivity index (χ0v) is 32.7. The van der Waals surface area contributed by atoms with Crippen LogP contribution in [0.1, 0.15) is 0 Å². The van der Waals surface area contributed by atoms with Crippen molar-refractivity contribution in [2.24, 2.45) is 0 Å². The maximum absolute atomic E-state index is 2.86. The molecule has 1 aliphatic heterocycles. The Kier molecular flexibility index (Phi) is 8.98. The van der Waals surface area contributed by atoms with Gasteiger partial charge in [0.25, 0.3) is 0 Å². The van der Waals surface area contributed by atoms with E-state index in [1.165, 1.54) is 0 Å². The first-order chi connectivity index (χ1) is 10.2. The molecule has 1 aliphatic rings. The van der Waals surface area contributed by atoms with Crippen LogP contribution < -0.4 is 0 Å². The van der Waals surface area contributed by atoms with Crippen LogP contribution in [0.3, 0.4) is 0 Å². The Bertz CT molecular complexity index is 321. The molecule has 0 N–H and O–H groups in total. The Labute approximate surface area is 173 Å². The molecule has 1 heterocycles. The number of rotatable bonds is 0. The van der Waals surface area contributed by atoms with Gasteiger partial charge in [0, 0.05) is 0 Å². The number of hydrogen-bond donors (Lipinski definition) is 0. The first-order valence-electron chi connectivity index (χ1n) is 10.2. The van der Waals surface area contributed by atoms with Crippen molar-refractivity contribution in [1.29, 1.82) is 0 Å². The average Bonchev–Trinajstić information content (AvgIpc) is 1.98. The van der Waals surface area contributed by atoms with E-state index < -0.39 is 89.7 Å². The monoisotopic (exact) mass is 800 g/mol. The van der Waals surface area contributed by atoms with E-state index in [4.69, 9.17) is 0 Å². The summed E-state index contributed by atoms with van der Waals surface area (Å²) in [6, 6.07) is 0. The van der Waals surface area contributed by atoms with E-state index in [1.807, 2.05) is 21.1 Å². The summed E-state index contributed by atoms with van der Waals surface area (Å²) >= 11 is -7.17. The minimum absolute atomic E-state index is 0.933. The summed E-state index contributed by atoms with van der Waals surface area (Å²) in [5, 5.41) is 0. The van der Waals surface area contributed by atoms with Crippen molar-refractivity contribution in [3.05, 3.63) is 0 Å². The molecule has 0 aromatic heterocycles. The van der Waals surface area contributed by atoms with Crippen molar-refractivity contribution in [3.63, 3.8) is 0 Å². The molecule has 0 radical (unpaired) electrons. The fourth-order valence-corrected chi connectivity index (χ4v) is 272. The van der Waals surface area contributed by atoms with Crippen molar-refractivity contribution >= 4 is 89.7 Å². The predicted molar refractivity (Wildman–Crippen MR) is 134 cm³/mol.